The van der Waals surface area contributed by atoms with Crippen molar-refractivity contribution in [2.45, 2.75) is 19.4 Å². The van der Waals surface area contributed by atoms with Gasteiger partial charge in [-0.1, -0.05) is 6.07 Å². The van der Waals surface area contributed by atoms with E-state index < -0.39 is 0 Å². The first-order valence-corrected chi connectivity index (χ1v) is 11.4. The molecule has 0 aliphatic carbocycles. The topological polar surface area (TPSA) is 106 Å². The van der Waals surface area contributed by atoms with E-state index in [1.165, 1.54) is 6.20 Å². The number of aryl methyl sites for hydroxylation is 1. The number of hydrogen-bond donors (Lipinski definition) is 0. The third-order valence-corrected chi connectivity index (χ3v) is 6.43. The van der Waals surface area contributed by atoms with Crippen LogP contribution in [0.2, 0.25) is 0 Å². The molecule has 0 radical (unpaired) electrons. The lowest BCUT2D eigenvalue weighted by Crippen LogP contribution is -2.28. The molecule has 0 spiro atoms. The normalized spacial score (nSPS) is 13.9. The molecule has 3 heterocycles. The molecule has 1 fully saturated rings. The van der Waals surface area contributed by atoms with Gasteiger partial charge in [0.05, 0.1) is 22.7 Å². The minimum Gasteiger partial charge on any atom is -0.457 e. The molecule has 174 valence electrons. The second-order valence-corrected chi connectivity index (χ2v) is 8.62. The molecular weight excluding hydrogens is 442 g/mol. The first-order chi connectivity index (χ1) is 17.1. The lowest BCUT2D eigenvalue weighted by Gasteiger charge is -2.22. The van der Waals surface area contributed by atoms with Gasteiger partial charge in [0.15, 0.2) is 0 Å². The van der Waals surface area contributed by atoms with Crippen LogP contribution in [-0.2, 0) is 18.3 Å². The van der Waals surface area contributed by atoms with Crippen molar-refractivity contribution in [1.82, 2.24) is 14.1 Å². The van der Waals surface area contributed by atoms with Gasteiger partial charge in [-0.3, -0.25) is 9.13 Å². The Kier molecular flexibility index (Phi) is 6.05. The largest absolute Gasteiger partial charge is 0.457 e. The summed E-state index contributed by atoms with van der Waals surface area (Å²) < 4.78 is 14.9. The summed E-state index contributed by atoms with van der Waals surface area (Å²) in [5.41, 5.74) is 3.90. The summed E-state index contributed by atoms with van der Waals surface area (Å²) in [4.78, 5) is 17.0. The SMILES string of the molecule is Cn1c(=O)n(CC2CCOCC2)c2ccc(-c3cc(Oc4ccnc(C#N)c4)ccc3C#N)cc21. The lowest BCUT2D eigenvalue weighted by molar-refractivity contribution is 0.0613. The Morgan fingerprint density at radius 1 is 1.03 bits per heavy atom. The summed E-state index contributed by atoms with van der Waals surface area (Å²) in [5.74, 6) is 1.43. The second kappa shape index (κ2) is 9.46. The third kappa shape index (κ3) is 4.40. The minimum absolute atomic E-state index is 0.0489. The van der Waals surface area contributed by atoms with Gasteiger partial charge in [0.1, 0.15) is 23.3 Å². The summed E-state index contributed by atoms with van der Waals surface area (Å²) >= 11 is 0. The molecule has 35 heavy (non-hydrogen) atoms. The summed E-state index contributed by atoms with van der Waals surface area (Å²) in [5, 5.41) is 18.8. The molecule has 5 rings (SSSR count). The maximum atomic E-state index is 13.0. The molecule has 8 heteroatoms. The molecule has 2 aromatic carbocycles. The van der Waals surface area contributed by atoms with Gasteiger partial charge >= 0.3 is 5.69 Å². The molecule has 4 aromatic rings. The Labute approximate surface area is 202 Å². The van der Waals surface area contributed by atoms with Gasteiger partial charge in [0.25, 0.3) is 0 Å². The van der Waals surface area contributed by atoms with Crippen LogP contribution in [0.4, 0.5) is 0 Å². The predicted octanol–water partition coefficient (Wildman–Crippen LogP) is 4.36. The van der Waals surface area contributed by atoms with Gasteiger partial charge in [-0.25, -0.2) is 9.78 Å². The molecule has 1 aliphatic heterocycles. The second-order valence-electron chi connectivity index (χ2n) is 8.62. The first kappa shape index (κ1) is 22.4. The van der Waals surface area contributed by atoms with Gasteiger partial charge in [0, 0.05) is 44.6 Å². The summed E-state index contributed by atoms with van der Waals surface area (Å²) in [6.07, 6.45) is 3.41. The first-order valence-electron chi connectivity index (χ1n) is 11.4. The summed E-state index contributed by atoms with van der Waals surface area (Å²) in [6, 6.07) is 18.5. The van der Waals surface area contributed by atoms with Crippen LogP contribution in [0.15, 0.2) is 59.5 Å². The Hall–Kier alpha value is -4.40. The fourth-order valence-corrected chi connectivity index (χ4v) is 4.53. The smallest absolute Gasteiger partial charge is 0.328 e. The number of rotatable bonds is 5. The maximum Gasteiger partial charge on any atom is 0.328 e. The van der Waals surface area contributed by atoms with E-state index in [4.69, 9.17) is 14.7 Å². The van der Waals surface area contributed by atoms with Crippen LogP contribution in [0.5, 0.6) is 11.5 Å². The highest BCUT2D eigenvalue weighted by atomic mass is 16.5. The molecule has 0 amide bonds. The molecule has 2 aromatic heterocycles. The maximum absolute atomic E-state index is 13.0. The van der Waals surface area contributed by atoms with Gasteiger partial charge in [-0.05, 0) is 60.7 Å². The van der Waals surface area contributed by atoms with Gasteiger partial charge in [0.2, 0.25) is 0 Å². The summed E-state index contributed by atoms with van der Waals surface area (Å²) in [7, 11) is 1.77. The Morgan fingerprint density at radius 2 is 1.83 bits per heavy atom. The van der Waals surface area contributed by atoms with Crippen LogP contribution in [0, 0.1) is 28.6 Å². The van der Waals surface area contributed by atoms with E-state index in [0.717, 1.165) is 42.7 Å². The van der Waals surface area contributed by atoms with Gasteiger partial charge < -0.3 is 9.47 Å². The fourth-order valence-electron chi connectivity index (χ4n) is 4.53. The van der Waals surface area contributed by atoms with E-state index in [-0.39, 0.29) is 11.4 Å². The predicted molar refractivity (Wildman–Crippen MR) is 130 cm³/mol. The van der Waals surface area contributed by atoms with Gasteiger partial charge in [-0.2, -0.15) is 10.5 Å². The third-order valence-electron chi connectivity index (χ3n) is 6.43. The number of hydrogen-bond acceptors (Lipinski definition) is 6. The van der Waals surface area contributed by atoms with E-state index in [9.17, 15) is 10.1 Å². The number of imidazole rings is 1. The number of ether oxygens (including phenoxy) is 2. The van der Waals surface area contributed by atoms with Crippen molar-refractivity contribution in [2.24, 2.45) is 13.0 Å². The highest BCUT2D eigenvalue weighted by molar-refractivity contribution is 5.84. The van der Waals surface area contributed by atoms with Crippen LogP contribution in [-0.4, -0.2) is 27.3 Å². The summed E-state index contributed by atoms with van der Waals surface area (Å²) in [6.45, 7) is 2.14. The molecule has 0 unspecified atom stereocenters. The zero-order valence-corrected chi connectivity index (χ0v) is 19.3. The van der Waals surface area contributed by atoms with Crippen molar-refractivity contribution in [3.63, 3.8) is 0 Å². The average molecular weight is 466 g/mol. The number of aromatic nitrogens is 3. The van der Waals surface area contributed by atoms with E-state index >= 15 is 0 Å². The Balaban J connectivity index is 1.52. The number of fused-ring (bicyclic) bond motifs is 1. The van der Waals surface area contributed by atoms with Crippen molar-refractivity contribution in [3.05, 3.63) is 76.5 Å². The number of nitrogens with zero attached hydrogens (tertiary/aromatic N) is 5. The molecule has 0 N–H and O–H groups in total. The molecule has 1 aliphatic rings. The zero-order chi connectivity index (χ0) is 24.4. The molecule has 0 saturated carbocycles. The Bertz CT molecular complexity index is 1550. The zero-order valence-electron chi connectivity index (χ0n) is 19.3. The van der Waals surface area contributed by atoms with E-state index in [2.05, 4.69) is 11.1 Å². The van der Waals surface area contributed by atoms with Crippen LogP contribution in [0.25, 0.3) is 22.2 Å². The van der Waals surface area contributed by atoms with Crippen molar-refractivity contribution < 1.29 is 9.47 Å². The van der Waals surface area contributed by atoms with Crippen LogP contribution >= 0.6 is 0 Å². The van der Waals surface area contributed by atoms with Crippen molar-refractivity contribution >= 4 is 11.0 Å². The molecule has 0 bridgehead atoms. The van der Waals surface area contributed by atoms with E-state index in [0.29, 0.717) is 35.1 Å². The highest BCUT2D eigenvalue weighted by Gasteiger charge is 2.19. The van der Waals surface area contributed by atoms with Gasteiger partial charge in [-0.15, -0.1) is 0 Å². The number of benzene rings is 2. The number of pyridine rings is 1. The van der Waals surface area contributed by atoms with Crippen molar-refractivity contribution in [3.8, 4) is 34.8 Å². The molecule has 1 saturated heterocycles. The fraction of sp³-hybridized carbons (Fsp3) is 0.259. The monoisotopic (exact) mass is 465 g/mol. The standard InChI is InChI=1S/C27H23N5O3/c1-31-26-12-19(3-5-25(26)32(27(31)33)17-18-7-10-34-11-8-18)24-14-22(4-2-20(24)15-28)35-23-6-9-30-21(13-23)16-29/h2-6,9,12-14,18H,7-8,10-11,17H2,1H3. The minimum atomic E-state index is -0.0489. The number of nitriles is 2. The average Bonchev–Trinajstić information content (AvgIpc) is 3.13. The molecular formula is C27H23N5O3. The quantitative estimate of drug-likeness (QED) is 0.433. The lowest BCUT2D eigenvalue weighted by atomic mass is 9.99. The van der Waals surface area contributed by atoms with Crippen LogP contribution in [0.1, 0.15) is 24.1 Å². The highest BCUT2D eigenvalue weighted by Crippen LogP contribution is 2.32. The molecule has 0 atom stereocenters. The molecule has 8 nitrogen and oxygen atoms in total. The Morgan fingerprint density at radius 3 is 2.60 bits per heavy atom. The van der Waals surface area contributed by atoms with Crippen molar-refractivity contribution in [1.29, 1.82) is 10.5 Å². The van der Waals surface area contributed by atoms with E-state index in [1.807, 2.05) is 28.8 Å². The van der Waals surface area contributed by atoms with Crippen molar-refractivity contribution in [2.75, 3.05) is 13.2 Å². The van der Waals surface area contributed by atoms with Crippen LogP contribution in [0.3, 0.4) is 0 Å². The van der Waals surface area contributed by atoms with Crippen LogP contribution < -0.4 is 10.4 Å². The van der Waals surface area contributed by atoms with E-state index in [1.54, 1.807) is 41.9 Å².